The monoisotopic (exact) mass is 332 g/mol. The number of aliphatic imine (C=N–C) groups is 2. The number of amidine groups is 2. The molecule has 0 aromatic heterocycles. The average molecular weight is 332 g/mol. The molecule has 0 radical (unpaired) electrons. The zero-order valence-electron chi connectivity index (χ0n) is 15.3. The third-order valence-corrected chi connectivity index (χ3v) is 5.69. The number of nitrogens with zero attached hydrogens (tertiary/aromatic N) is 4. The number of anilines is 2. The Bertz CT molecular complexity index is 845. The minimum absolute atomic E-state index is 0.00514. The molecule has 0 aliphatic carbocycles. The first-order valence-electron chi connectivity index (χ1n) is 8.84. The van der Waals surface area contributed by atoms with Crippen molar-refractivity contribution in [2.24, 2.45) is 9.98 Å². The van der Waals surface area contributed by atoms with E-state index in [2.05, 4.69) is 88.2 Å². The van der Waals surface area contributed by atoms with E-state index in [4.69, 9.17) is 0 Å². The maximum atomic E-state index is 4.63. The molecule has 0 spiro atoms. The summed E-state index contributed by atoms with van der Waals surface area (Å²) in [5.41, 5.74) is 3.79. The average Bonchev–Trinajstić information content (AvgIpc) is 3.14. The Hall–Kier alpha value is -2.62. The van der Waals surface area contributed by atoms with Crippen molar-refractivity contribution >= 4 is 23.0 Å². The molecule has 1 saturated heterocycles. The van der Waals surface area contributed by atoms with E-state index < -0.39 is 0 Å². The first-order valence-corrected chi connectivity index (χ1v) is 8.84. The van der Waals surface area contributed by atoms with Gasteiger partial charge in [-0.2, -0.15) is 0 Å². The molecule has 2 aromatic rings. The van der Waals surface area contributed by atoms with Crippen molar-refractivity contribution in [3.63, 3.8) is 0 Å². The van der Waals surface area contributed by atoms with Gasteiger partial charge >= 0.3 is 0 Å². The molecule has 2 unspecified atom stereocenters. The second-order valence-electron chi connectivity index (χ2n) is 6.83. The summed E-state index contributed by atoms with van der Waals surface area (Å²) in [4.78, 5) is 14.0. The van der Waals surface area contributed by atoms with Gasteiger partial charge in [-0.15, -0.1) is 0 Å². The van der Waals surface area contributed by atoms with Crippen LogP contribution in [0.2, 0.25) is 0 Å². The molecule has 0 bridgehead atoms. The van der Waals surface area contributed by atoms with Crippen LogP contribution in [0.3, 0.4) is 0 Å². The fourth-order valence-corrected chi connectivity index (χ4v) is 4.32. The molecule has 4 nitrogen and oxygen atoms in total. The van der Waals surface area contributed by atoms with Crippen LogP contribution >= 0.6 is 0 Å². The van der Waals surface area contributed by atoms with Crippen LogP contribution in [0.4, 0.5) is 11.4 Å². The number of hydrogen-bond acceptors (Lipinski definition) is 2. The predicted octanol–water partition coefficient (Wildman–Crippen LogP) is 4.08. The molecule has 2 aromatic carbocycles. The Labute approximate surface area is 149 Å². The minimum Gasteiger partial charge on any atom is -0.301 e. The number of hydrogen-bond donors (Lipinski definition) is 0. The summed E-state index contributed by atoms with van der Waals surface area (Å²) in [7, 11) is 3.71. The lowest BCUT2D eigenvalue weighted by Gasteiger charge is -2.37. The number of benzene rings is 2. The van der Waals surface area contributed by atoms with Crippen molar-refractivity contribution < 1.29 is 0 Å². The van der Waals surface area contributed by atoms with Crippen molar-refractivity contribution in [1.82, 2.24) is 0 Å². The Morgan fingerprint density at radius 2 is 1.48 bits per heavy atom. The third kappa shape index (κ3) is 2.00. The Kier molecular flexibility index (Phi) is 3.64. The van der Waals surface area contributed by atoms with Gasteiger partial charge in [0.05, 0.1) is 0 Å². The SMILES string of the molecule is CCC1(C)c2ccccc2N2C(=NC)C(=NC)N(c3ccccc3)C21. The lowest BCUT2D eigenvalue weighted by atomic mass is 9.79. The molecule has 2 aliphatic rings. The predicted molar refractivity (Wildman–Crippen MR) is 106 cm³/mol. The highest BCUT2D eigenvalue weighted by molar-refractivity contribution is 6.53. The molecule has 2 heterocycles. The Morgan fingerprint density at radius 3 is 2.12 bits per heavy atom. The smallest absolute Gasteiger partial charge is 0.173 e. The van der Waals surface area contributed by atoms with E-state index in [0.717, 1.165) is 23.8 Å². The van der Waals surface area contributed by atoms with Crippen LogP contribution in [-0.4, -0.2) is 31.9 Å². The third-order valence-electron chi connectivity index (χ3n) is 5.69. The molecule has 0 saturated carbocycles. The summed E-state index contributed by atoms with van der Waals surface area (Å²) in [6.07, 6.45) is 1.19. The van der Waals surface area contributed by atoms with Crippen molar-refractivity contribution in [3.05, 3.63) is 60.2 Å². The van der Waals surface area contributed by atoms with Gasteiger partial charge in [0.25, 0.3) is 0 Å². The number of rotatable bonds is 2. The van der Waals surface area contributed by atoms with Crippen LogP contribution in [0.5, 0.6) is 0 Å². The fourth-order valence-electron chi connectivity index (χ4n) is 4.32. The fraction of sp³-hybridized carbons (Fsp3) is 0.333. The first-order chi connectivity index (χ1) is 12.2. The van der Waals surface area contributed by atoms with Crippen molar-refractivity contribution in [1.29, 1.82) is 0 Å². The van der Waals surface area contributed by atoms with E-state index in [0.29, 0.717) is 0 Å². The van der Waals surface area contributed by atoms with Crippen LogP contribution < -0.4 is 9.80 Å². The Morgan fingerprint density at radius 1 is 0.880 bits per heavy atom. The van der Waals surface area contributed by atoms with Gasteiger partial charge in [-0.3, -0.25) is 9.98 Å². The topological polar surface area (TPSA) is 31.2 Å². The molecule has 0 amide bonds. The van der Waals surface area contributed by atoms with Crippen LogP contribution in [0.25, 0.3) is 0 Å². The summed E-state index contributed by atoms with van der Waals surface area (Å²) in [5, 5.41) is 0. The van der Waals surface area contributed by atoms with Gasteiger partial charge in [-0.05, 0) is 30.2 Å². The molecule has 4 heteroatoms. The highest BCUT2D eigenvalue weighted by atomic mass is 15.5. The van der Waals surface area contributed by atoms with Gasteiger partial charge in [-0.25, -0.2) is 0 Å². The molecule has 1 fully saturated rings. The van der Waals surface area contributed by atoms with Crippen molar-refractivity contribution in [3.8, 4) is 0 Å². The largest absolute Gasteiger partial charge is 0.301 e. The summed E-state index contributed by atoms with van der Waals surface area (Å²) in [5.74, 6) is 1.88. The maximum absolute atomic E-state index is 4.63. The molecule has 25 heavy (non-hydrogen) atoms. The lowest BCUT2D eigenvalue weighted by Crippen LogP contribution is -2.49. The van der Waals surface area contributed by atoms with Crippen LogP contribution in [0, 0.1) is 0 Å². The molecule has 128 valence electrons. The second kappa shape index (κ2) is 5.73. The van der Waals surface area contributed by atoms with Crippen LogP contribution in [-0.2, 0) is 5.41 Å². The Balaban J connectivity index is 2.00. The van der Waals surface area contributed by atoms with E-state index >= 15 is 0 Å². The number of fused-ring (bicyclic) bond motifs is 3. The minimum atomic E-state index is -0.00514. The molecular weight excluding hydrogens is 308 g/mol. The van der Waals surface area contributed by atoms with E-state index in [1.165, 1.54) is 11.3 Å². The van der Waals surface area contributed by atoms with Gasteiger partial charge in [0, 0.05) is 30.9 Å². The lowest BCUT2D eigenvalue weighted by molar-refractivity contribution is 0.402. The van der Waals surface area contributed by atoms with E-state index in [-0.39, 0.29) is 11.6 Å². The summed E-state index contributed by atoms with van der Waals surface area (Å²) >= 11 is 0. The maximum Gasteiger partial charge on any atom is 0.173 e. The zero-order chi connectivity index (χ0) is 17.6. The molecule has 4 rings (SSSR count). The van der Waals surface area contributed by atoms with Crippen LogP contribution in [0.15, 0.2) is 64.6 Å². The van der Waals surface area contributed by atoms with Crippen molar-refractivity contribution in [2.75, 3.05) is 23.9 Å². The second-order valence-corrected chi connectivity index (χ2v) is 6.83. The quantitative estimate of drug-likeness (QED) is 0.830. The van der Waals surface area contributed by atoms with E-state index in [9.17, 15) is 0 Å². The zero-order valence-corrected chi connectivity index (χ0v) is 15.3. The molecule has 2 aliphatic heterocycles. The normalized spacial score (nSPS) is 27.9. The van der Waals surface area contributed by atoms with Crippen LogP contribution in [0.1, 0.15) is 25.8 Å². The standard InChI is InChI=1S/C21H24N4/c1-5-21(2)16-13-9-10-14-17(16)25-19(23-4)18(22-3)24(20(21)25)15-11-7-6-8-12-15/h6-14,20H,5H2,1-4H3. The summed E-state index contributed by atoms with van der Waals surface area (Å²) in [6, 6.07) is 19.2. The van der Waals surface area contributed by atoms with Gasteiger partial charge < -0.3 is 9.80 Å². The van der Waals surface area contributed by atoms with Gasteiger partial charge in [0.2, 0.25) is 0 Å². The molecular formula is C21H24N4. The van der Waals surface area contributed by atoms with Gasteiger partial charge in [0.15, 0.2) is 11.7 Å². The van der Waals surface area contributed by atoms with Crippen molar-refractivity contribution in [2.45, 2.75) is 31.8 Å². The number of para-hydroxylation sites is 2. The highest BCUT2D eigenvalue weighted by Gasteiger charge is 2.57. The first kappa shape index (κ1) is 15.9. The van der Waals surface area contributed by atoms with Gasteiger partial charge in [0.1, 0.15) is 6.17 Å². The van der Waals surface area contributed by atoms with E-state index in [1.807, 2.05) is 14.1 Å². The molecule has 2 atom stereocenters. The molecule has 0 N–H and O–H groups in total. The van der Waals surface area contributed by atoms with E-state index in [1.54, 1.807) is 0 Å². The summed E-state index contributed by atoms with van der Waals surface area (Å²) < 4.78 is 0. The highest BCUT2D eigenvalue weighted by Crippen LogP contribution is 2.52. The summed E-state index contributed by atoms with van der Waals surface area (Å²) in [6.45, 7) is 4.63. The van der Waals surface area contributed by atoms with Gasteiger partial charge in [-0.1, -0.05) is 50.2 Å².